The van der Waals surface area contributed by atoms with Gasteiger partial charge in [0.15, 0.2) is 0 Å². The van der Waals surface area contributed by atoms with Crippen LogP contribution < -0.4 is 0 Å². The van der Waals surface area contributed by atoms with Crippen LogP contribution in [0.1, 0.15) is 26.7 Å². The van der Waals surface area contributed by atoms with Crippen LogP contribution in [-0.2, 0) is 9.59 Å². The highest BCUT2D eigenvalue weighted by Crippen LogP contribution is 2.24. The van der Waals surface area contributed by atoms with Crippen molar-refractivity contribution in [3.63, 3.8) is 0 Å². The van der Waals surface area contributed by atoms with E-state index in [-0.39, 0.29) is 36.2 Å². The Morgan fingerprint density at radius 3 is 2.47 bits per heavy atom. The van der Waals surface area contributed by atoms with Crippen LogP contribution in [0.5, 0.6) is 0 Å². The maximum atomic E-state index is 12.3. The Balaban J connectivity index is 1.87. The summed E-state index contributed by atoms with van der Waals surface area (Å²) in [4.78, 5) is 27.9. The number of nitrogens with zero attached hydrogens (tertiary/aromatic N) is 2. The molecule has 1 atom stereocenters. The van der Waals surface area contributed by atoms with Gasteiger partial charge in [-0.05, 0) is 12.8 Å². The van der Waals surface area contributed by atoms with Crippen molar-refractivity contribution >= 4 is 11.8 Å². The zero-order valence-electron chi connectivity index (χ0n) is 11.8. The van der Waals surface area contributed by atoms with Crippen molar-refractivity contribution in [2.24, 2.45) is 17.8 Å². The molecule has 0 radical (unpaired) electrons. The summed E-state index contributed by atoms with van der Waals surface area (Å²) in [5.41, 5.74) is 0. The van der Waals surface area contributed by atoms with Crippen molar-refractivity contribution in [3.8, 4) is 0 Å². The Labute approximate surface area is 114 Å². The van der Waals surface area contributed by atoms with E-state index in [0.29, 0.717) is 19.6 Å². The van der Waals surface area contributed by atoms with Crippen LogP contribution in [0.3, 0.4) is 0 Å². The van der Waals surface area contributed by atoms with Gasteiger partial charge >= 0.3 is 0 Å². The number of hydrogen-bond acceptors (Lipinski definition) is 3. The fourth-order valence-corrected chi connectivity index (χ4v) is 2.87. The molecule has 2 amide bonds. The van der Waals surface area contributed by atoms with E-state index < -0.39 is 0 Å². The van der Waals surface area contributed by atoms with Gasteiger partial charge < -0.3 is 14.9 Å². The minimum Gasteiger partial charge on any atom is -0.396 e. The molecular formula is C14H24N2O3. The molecule has 0 aromatic rings. The lowest BCUT2D eigenvalue weighted by molar-refractivity contribution is -0.147. The average molecular weight is 268 g/mol. The zero-order valence-corrected chi connectivity index (χ0v) is 11.8. The van der Waals surface area contributed by atoms with Crippen LogP contribution in [0.4, 0.5) is 0 Å². The molecule has 2 aliphatic rings. The fraction of sp³-hybridized carbons (Fsp3) is 0.857. The second-order valence-electron chi connectivity index (χ2n) is 6.07. The molecule has 0 bridgehead atoms. The number of likely N-dealkylation sites (tertiary alicyclic amines) is 2. The summed E-state index contributed by atoms with van der Waals surface area (Å²) in [6.45, 7) is 6.64. The Morgan fingerprint density at radius 2 is 1.89 bits per heavy atom. The lowest BCUT2D eigenvalue weighted by Gasteiger charge is -2.42. The van der Waals surface area contributed by atoms with Gasteiger partial charge in [-0.15, -0.1) is 0 Å². The van der Waals surface area contributed by atoms with Crippen molar-refractivity contribution in [1.29, 1.82) is 0 Å². The topological polar surface area (TPSA) is 60.9 Å². The minimum absolute atomic E-state index is 0.00312. The molecule has 1 N–H and O–H groups in total. The fourth-order valence-electron chi connectivity index (χ4n) is 2.87. The number of hydrogen-bond donors (Lipinski definition) is 1. The number of piperidine rings is 1. The lowest BCUT2D eigenvalue weighted by Crippen LogP contribution is -2.55. The Morgan fingerprint density at radius 1 is 1.21 bits per heavy atom. The first kappa shape index (κ1) is 14.3. The van der Waals surface area contributed by atoms with Gasteiger partial charge in [0, 0.05) is 44.6 Å². The molecule has 5 nitrogen and oxygen atoms in total. The van der Waals surface area contributed by atoms with E-state index in [1.54, 1.807) is 0 Å². The Kier molecular flexibility index (Phi) is 4.45. The van der Waals surface area contributed by atoms with Crippen molar-refractivity contribution in [1.82, 2.24) is 9.80 Å². The summed E-state index contributed by atoms with van der Waals surface area (Å²) >= 11 is 0. The smallest absolute Gasteiger partial charge is 0.227 e. The van der Waals surface area contributed by atoms with Gasteiger partial charge in [-0.3, -0.25) is 9.59 Å². The summed E-state index contributed by atoms with van der Waals surface area (Å²) in [7, 11) is 0. The highest BCUT2D eigenvalue weighted by molar-refractivity contribution is 5.82. The summed E-state index contributed by atoms with van der Waals surface area (Å²) in [6, 6.07) is 0. The predicted octanol–water partition coefficient (Wildman–Crippen LogP) is 0.332. The number of aliphatic hydroxyl groups excluding tert-OH is 1. The van der Waals surface area contributed by atoms with Crippen LogP contribution in [0, 0.1) is 17.8 Å². The van der Waals surface area contributed by atoms with Gasteiger partial charge in [0.1, 0.15) is 0 Å². The van der Waals surface area contributed by atoms with Crippen LogP contribution in [0.15, 0.2) is 0 Å². The normalized spacial score (nSPS) is 24.5. The third-order valence-electron chi connectivity index (χ3n) is 4.10. The van der Waals surface area contributed by atoms with E-state index in [9.17, 15) is 9.59 Å². The number of rotatable bonds is 3. The van der Waals surface area contributed by atoms with E-state index >= 15 is 0 Å². The number of aliphatic hydroxyl groups is 1. The van der Waals surface area contributed by atoms with Gasteiger partial charge in [-0.1, -0.05) is 13.8 Å². The van der Waals surface area contributed by atoms with Crippen LogP contribution >= 0.6 is 0 Å². The van der Waals surface area contributed by atoms with Gasteiger partial charge in [-0.25, -0.2) is 0 Å². The maximum Gasteiger partial charge on any atom is 0.227 e. The highest BCUT2D eigenvalue weighted by Gasteiger charge is 2.36. The first-order chi connectivity index (χ1) is 9.02. The van der Waals surface area contributed by atoms with Crippen molar-refractivity contribution < 1.29 is 14.7 Å². The van der Waals surface area contributed by atoms with Crippen molar-refractivity contribution in [3.05, 3.63) is 0 Å². The number of amides is 2. The molecule has 0 aromatic carbocycles. The minimum atomic E-state index is -0.0453. The molecule has 5 heteroatoms. The summed E-state index contributed by atoms with van der Waals surface area (Å²) in [6.07, 6.45) is 1.78. The molecule has 2 heterocycles. The van der Waals surface area contributed by atoms with E-state index in [1.165, 1.54) is 0 Å². The molecule has 19 heavy (non-hydrogen) atoms. The van der Waals surface area contributed by atoms with E-state index in [1.807, 2.05) is 23.6 Å². The molecule has 108 valence electrons. The van der Waals surface area contributed by atoms with E-state index in [2.05, 4.69) is 0 Å². The molecule has 2 fully saturated rings. The van der Waals surface area contributed by atoms with Gasteiger partial charge in [0.05, 0.1) is 5.92 Å². The highest BCUT2D eigenvalue weighted by atomic mass is 16.3. The first-order valence-corrected chi connectivity index (χ1v) is 7.21. The zero-order chi connectivity index (χ0) is 14.0. The summed E-state index contributed by atoms with van der Waals surface area (Å²) in [5.74, 6) is 0.508. The summed E-state index contributed by atoms with van der Waals surface area (Å²) < 4.78 is 0. The molecule has 2 saturated heterocycles. The Bertz CT molecular complexity index is 351. The van der Waals surface area contributed by atoms with Crippen LogP contribution in [0.25, 0.3) is 0 Å². The van der Waals surface area contributed by atoms with Crippen molar-refractivity contribution in [2.45, 2.75) is 26.7 Å². The number of carbonyl (C=O) groups is 2. The maximum absolute atomic E-state index is 12.3. The second kappa shape index (κ2) is 5.90. The van der Waals surface area contributed by atoms with Gasteiger partial charge in [0.2, 0.25) is 11.8 Å². The third kappa shape index (κ3) is 3.08. The monoisotopic (exact) mass is 268 g/mol. The standard InChI is InChI=1S/C14H24N2O3/c1-10(2)13(18)15-5-3-4-12(8-15)14(19)16-6-11(7-16)9-17/h10-12,17H,3-9H2,1-2H3. The lowest BCUT2D eigenvalue weighted by atomic mass is 9.92. The van der Waals surface area contributed by atoms with Crippen molar-refractivity contribution in [2.75, 3.05) is 32.8 Å². The van der Waals surface area contributed by atoms with E-state index in [0.717, 1.165) is 19.4 Å². The molecule has 0 aliphatic carbocycles. The molecule has 0 spiro atoms. The second-order valence-corrected chi connectivity index (χ2v) is 6.07. The molecule has 0 saturated carbocycles. The number of carbonyl (C=O) groups excluding carboxylic acids is 2. The van der Waals surface area contributed by atoms with Gasteiger partial charge in [0.25, 0.3) is 0 Å². The van der Waals surface area contributed by atoms with Gasteiger partial charge in [-0.2, -0.15) is 0 Å². The molecule has 2 aliphatic heterocycles. The average Bonchev–Trinajstić information content (AvgIpc) is 2.36. The van der Waals surface area contributed by atoms with E-state index in [4.69, 9.17) is 5.11 Å². The molecule has 0 aromatic heterocycles. The molecule has 2 rings (SSSR count). The molecule has 1 unspecified atom stereocenters. The quantitative estimate of drug-likeness (QED) is 0.802. The Hall–Kier alpha value is -1.10. The third-order valence-corrected chi connectivity index (χ3v) is 4.10. The van der Waals surface area contributed by atoms with Crippen LogP contribution in [-0.4, -0.2) is 59.5 Å². The SMILES string of the molecule is CC(C)C(=O)N1CCCC(C(=O)N2CC(CO)C2)C1. The summed E-state index contributed by atoms with van der Waals surface area (Å²) in [5, 5.41) is 8.98. The predicted molar refractivity (Wildman–Crippen MR) is 71.3 cm³/mol. The first-order valence-electron chi connectivity index (χ1n) is 7.21. The largest absolute Gasteiger partial charge is 0.396 e. The molecular weight excluding hydrogens is 244 g/mol. The van der Waals surface area contributed by atoms with Crippen LogP contribution in [0.2, 0.25) is 0 Å².